The lowest BCUT2D eigenvalue weighted by atomic mass is 9.91. The quantitative estimate of drug-likeness (QED) is 0.496. The number of nitrogens with zero attached hydrogens (tertiary/aromatic N) is 3. The van der Waals surface area contributed by atoms with Crippen molar-refractivity contribution < 1.29 is 14.1 Å². The number of rotatable bonds is 7. The van der Waals surface area contributed by atoms with Gasteiger partial charge in [0, 0.05) is 17.7 Å². The van der Waals surface area contributed by atoms with Gasteiger partial charge in [0.05, 0.1) is 12.1 Å². The Morgan fingerprint density at radius 2 is 1.91 bits per heavy atom. The molecule has 2 heterocycles. The van der Waals surface area contributed by atoms with Crippen molar-refractivity contribution in [2.24, 2.45) is 11.1 Å². The van der Waals surface area contributed by atoms with Crippen molar-refractivity contribution in [3.8, 4) is 11.3 Å². The van der Waals surface area contributed by atoms with E-state index in [1.54, 1.807) is 10.7 Å². The zero-order valence-corrected chi connectivity index (χ0v) is 20.0. The number of benzene rings is 1. The molecule has 0 unspecified atom stereocenters. The van der Waals surface area contributed by atoms with Crippen molar-refractivity contribution in [2.45, 2.75) is 60.4 Å². The summed E-state index contributed by atoms with van der Waals surface area (Å²) in [6, 6.07) is 7.25. The predicted octanol–water partition coefficient (Wildman–Crippen LogP) is 3.88. The lowest BCUT2D eigenvalue weighted by Crippen LogP contribution is -2.15. The fourth-order valence-electron chi connectivity index (χ4n) is 3.74. The molecule has 1 aromatic carbocycles. The van der Waals surface area contributed by atoms with Gasteiger partial charge in [0.1, 0.15) is 17.1 Å². The number of aromatic nitrogens is 3. The van der Waals surface area contributed by atoms with Crippen LogP contribution >= 0.6 is 0 Å². The molecule has 0 aliphatic rings. The van der Waals surface area contributed by atoms with E-state index in [0.717, 1.165) is 28.8 Å². The van der Waals surface area contributed by atoms with Crippen molar-refractivity contribution in [2.75, 3.05) is 11.1 Å². The monoisotopic (exact) mass is 452 g/mol. The van der Waals surface area contributed by atoms with Crippen LogP contribution in [-0.2, 0) is 17.6 Å². The van der Waals surface area contributed by atoms with Gasteiger partial charge in [-0.15, -0.1) is 0 Å². The van der Waals surface area contributed by atoms with E-state index in [1.165, 1.54) is 0 Å². The third-order valence-corrected chi connectivity index (χ3v) is 5.13. The second kappa shape index (κ2) is 9.09. The normalized spacial score (nSPS) is 11.7. The number of nitrogen functional groups attached to an aromatic ring is 1. The van der Waals surface area contributed by atoms with Crippen LogP contribution in [-0.4, -0.2) is 26.8 Å². The molecule has 2 aromatic heterocycles. The molecule has 0 saturated carbocycles. The Kier molecular flexibility index (Phi) is 6.62. The summed E-state index contributed by atoms with van der Waals surface area (Å²) >= 11 is 0. The number of nitrogens with two attached hydrogens (primary N) is 2. The number of hydrogen-bond donors (Lipinski definition) is 3. The molecular weight excluding hydrogens is 420 g/mol. The van der Waals surface area contributed by atoms with Crippen molar-refractivity contribution in [1.82, 2.24) is 14.9 Å². The SMILES string of the molecule is Cc1cc(CC(=O)Nc2cc(CC(C)(C)C)no2)ccc1-c1nn(C(C)C)c(N)c1C(N)=O. The minimum atomic E-state index is -0.629. The molecule has 0 bridgehead atoms. The lowest BCUT2D eigenvalue weighted by Gasteiger charge is -2.14. The summed E-state index contributed by atoms with van der Waals surface area (Å²) in [6.45, 7) is 12.1. The Labute approximate surface area is 193 Å². The number of carbonyl (C=O) groups excluding carboxylic acids is 2. The molecule has 0 radical (unpaired) electrons. The summed E-state index contributed by atoms with van der Waals surface area (Å²) in [5.41, 5.74) is 15.6. The summed E-state index contributed by atoms with van der Waals surface area (Å²) in [4.78, 5) is 24.6. The first-order valence-electron chi connectivity index (χ1n) is 10.9. The molecule has 176 valence electrons. The van der Waals surface area contributed by atoms with Gasteiger partial charge in [-0.05, 0) is 43.7 Å². The van der Waals surface area contributed by atoms with Gasteiger partial charge >= 0.3 is 0 Å². The van der Waals surface area contributed by atoms with Gasteiger partial charge in [0.25, 0.3) is 5.91 Å². The molecule has 0 aliphatic heterocycles. The van der Waals surface area contributed by atoms with Crippen molar-refractivity contribution >= 4 is 23.5 Å². The van der Waals surface area contributed by atoms with E-state index in [-0.39, 0.29) is 35.2 Å². The molecule has 2 amide bonds. The van der Waals surface area contributed by atoms with Gasteiger partial charge in [0.15, 0.2) is 0 Å². The number of anilines is 2. The van der Waals surface area contributed by atoms with E-state index >= 15 is 0 Å². The zero-order chi connectivity index (χ0) is 24.5. The Morgan fingerprint density at radius 3 is 2.48 bits per heavy atom. The molecule has 5 N–H and O–H groups in total. The summed E-state index contributed by atoms with van der Waals surface area (Å²) in [5, 5.41) is 11.3. The van der Waals surface area contributed by atoms with Crippen LogP contribution in [0.25, 0.3) is 11.3 Å². The van der Waals surface area contributed by atoms with E-state index in [0.29, 0.717) is 11.6 Å². The number of nitrogens with one attached hydrogen (secondary N) is 1. The van der Waals surface area contributed by atoms with E-state index in [2.05, 4.69) is 36.3 Å². The summed E-state index contributed by atoms with van der Waals surface area (Å²) in [6.07, 6.45) is 0.902. The molecular formula is C24H32N6O3. The highest BCUT2D eigenvalue weighted by atomic mass is 16.5. The number of aryl methyl sites for hydroxylation is 1. The van der Waals surface area contributed by atoms with Crippen molar-refractivity contribution in [1.29, 1.82) is 0 Å². The fourth-order valence-corrected chi connectivity index (χ4v) is 3.74. The van der Waals surface area contributed by atoms with Crippen LogP contribution in [0.1, 0.15) is 67.8 Å². The highest BCUT2D eigenvalue weighted by molar-refractivity contribution is 6.03. The van der Waals surface area contributed by atoms with Gasteiger partial charge < -0.3 is 16.0 Å². The van der Waals surface area contributed by atoms with Crippen LogP contribution in [0.3, 0.4) is 0 Å². The minimum absolute atomic E-state index is 0.0277. The third-order valence-electron chi connectivity index (χ3n) is 5.13. The van der Waals surface area contributed by atoms with Crippen LogP contribution in [0.15, 0.2) is 28.8 Å². The fraction of sp³-hybridized carbons (Fsp3) is 0.417. The topological polar surface area (TPSA) is 142 Å². The average molecular weight is 453 g/mol. The second-order valence-corrected chi connectivity index (χ2v) is 9.81. The van der Waals surface area contributed by atoms with Crippen LogP contribution in [0.2, 0.25) is 0 Å². The minimum Gasteiger partial charge on any atom is -0.383 e. The molecule has 9 nitrogen and oxygen atoms in total. The molecule has 0 aliphatic carbocycles. The summed E-state index contributed by atoms with van der Waals surface area (Å²) in [5.74, 6) is -0.275. The highest BCUT2D eigenvalue weighted by Crippen LogP contribution is 2.31. The van der Waals surface area contributed by atoms with Gasteiger partial charge in [-0.2, -0.15) is 5.10 Å². The van der Waals surface area contributed by atoms with Gasteiger partial charge in [-0.3, -0.25) is 14.9 Å². The van der Waals surface area contributed by atoms with Crippen LogP contribution in [0, 0.1) is 12.3 Å². The lowest BCUT2D eigenvalue weighted by molar-refractivity contribution is -0.115. The van der Waals surface area contributed by atoms with Gasteiger partial charge in [0.2, 0.25) is 11.8 Å². The third kappa shape index (κ3) is 5.60. The number of amides is 2. The maximum Gasteiger partial charge on any atom is 0.254 e. The average Bonchev–Trinajstić information content (AvgIpc) is 3.24. The molecule has 0 saturated heterocycles. The first-order valence-corrected chi connectivity index (χ1v) is 10.9. The Hall–Kier alpha value is -3.62. The van der Waals surface area contributed by atoms with Crippen molar-refractivity contribution in [3.63, 3.8) is 0 Å². The number of primary amides is 1. The van der Waals surface area contributed by atoms with Gasteiger partial charge in [-0.25, -0.2) is 4.68 Å². The maximum atomic E-state index is 12.5. The Morgan fingerprint density at radius 1 is 1.21 bits per heavy atom. The highest BCUT2D eigenvalue weighted by Gasteiger charge is 2.24. The Balaban J connectivity index is 1.77. The summed E-state index contributed by atoms with van der Waals surface area (Å²) in [7, 11) is 0. The van der Waals surface area contributed by atoms with E-state index in [1.807, 2.05) is 39.0 Å². The van der Waals surface area contributed by atoms with Crippen LogP contribution in [0.4, 0.5) is 11.7 Å². The van der Waals surface area contributed by atoms with E-state index < -0.39 is 5.91 Å². The molecule has 9 heteroatoms. The largest absolute Gasteiger partial charge is 0.383 e. The zero-order valence-electron chi connectivity index (χ0n) is 20.0. The first-order chi connectivity index (χ1) is 15.4. The van der Waals surface area contributed by atoms with E-state index in [9.17, 15) is 9.59 Å². The van der Waals surface area contributed by atoms with E-state index in [4.69, 9.17) is 16.0 Å². The summed E-state index contributed by atoms with van der Waals surface area (Å²) < 4.78 is 6.82. The number of hydrogen-bond acceptors (Lipinski definition) is 6. The molecule has 3 rings (SSSR count). The Bertz CT molecular complexity index is 1180. The molecule has 0 spiro atoms. The molecule has 3 aromatic rings. The van der Waals surface area contributed by atoms with Crippen LogP contribution in [0.5, 0.6) is 0 Å². The van der Waals surface area contributed by atoms with Crippen molar-refractivity contribution in [3.05, 3.63) is 46.6 Å². The molecule has 0 fully saturated rings. The maximum absolute atomic E-state index is 12.5. The predicted molar refractivity (Wildman–Crippen MR) is 128 cm³/mol. The molecule has 0 atom stereocenters. The first kappa shape index (κ1) is 24.0. The number of carbonyl (C=O) groups is 2. The standard InChI is InChI=1S/C24H32N6O3/c1-13(2)30-22(25)20(23(26)32)21(28-30)17-8-7-15(9-14(17)3)10-18(31)27-19-11-16(29-33-19)12-24(4,5)6/h7-9,11,13H,10,12,25H2,1-6H3,(H2,26,32)(H,27,31). The van der Waals surface area contributed by atoms with Gasteiger partial charge in [-0.1, -0.05) is 44.1 Å². The van der Waals surface area contributed by atoms with Crippen LogP contribution < -0.4 is 16.8 Å². The second-order valence-electron chi connectivity index (χ2n) is 9.81. The smallest absolute Gasteiger partial charge is 0.254 e. The molecule has 33 heavy (non-hydrogen) atoms.